The van der Waals surface area contributed by atoms with Gasteiger partial charge in [0, 0.05) is 16.5 Å². The molecule has 0 N–H and O–H groups in total. The van der Waals surface area contributed by atoms with Gasteiger partial charge in [-0.05, 0) is 47.5 Å². The number of imidazole rings is 1. The first kappa shape index (κ1) is 19.6. The predicted molar refractivity (Wildman–Crippen MR) is 118 cm³/mol. The lowest BCUT2D eigenvalue weighted by Crippen LogP contribution is -2.06. The first-order valence-electron chi connectivity index (χ1n) is 9.18. The standard InChI is InChI=1S/C23H20Cl2N2O2/c1-28-21-10-7-15(11-22(21)29-2)12-23-26-19-5-3-4-6-20(19)27(23)14-16-8-9-17(24)13-18(16)25/h3-11,13H,12,14H2,1-2H3. The Bertz CT molecular complexity index is 1170. The van der Waals surface area contributed by atoms with Crippen LogP contribution in [0.5, 0.6) is 11.5 Å². The zero-order valence-electron chi connectivity index (χ0n) is 16.2. The molecule has 0 fully saturated rings. The second kappa shape index (κ2) is 8.36. The van der Waals surface area contributed by atoms with E-state index in [0.29, 0.717) is 34.5 Å². The molecule has 0 aliphatic rings. The molecule has 0 spiro atoms. The van der Waals surface area contributed by atoms with Crippen molar-refractivity contribution in [2.24, 2.45) is 0 Å². The van der Waals surface area contributed by atoms with Crippen LogP contribution in [0.4, 0.5) is 0 Å². The lowest BCUT2D eigenvalue weighted by Gasteiger charge is -2.13. The van der Waals surface area contributed by atoms with Crippen LogP contribution in [0.2, 0.25) is 10.0 Å². The highest BCUT2D eigenvalue weighted by Gasteiger charge is 2.14. The van der Waals surface area contributed by atoms with Crippen LogP contribution in [0.3, 0.4) is 0 Å². The summed E-state index contributed by atoms with van der Waals surface area (Å²) in [4.78, 5) is 4.87. The van der Waals surface area contributed by atoms with Gasteiger partial charge in [0.2, 0.25) is 0 Å². The zero-order chi connectivity index (χ0) is 20.4. The molecule has 0 saturated heterocycles. The Labute approximate surface area is 179 Å². The van der Waals surface area contributed by atoms with Crippen LogP contribution in [0.25, 0.3) is 11.0 Å². The largest absolute Gasteiger partial charge is 0.493 e. The van der Waals surface area contributed by atoms with Crippen molar-refractivity contribution in [1.29, 1.82) is 0 Å². The third-order valence-electron chi connectivity index (χ3n) is 4.89. The Morgan fingerprint density at radius 2 is 1.69 bits per heavy atom. The number of nitrogens with zero attached hydrogens (tertiary/aromatic N) is 2. The van der Waals surface area contributed by atoms with E-state index in [1.54, 1.807) is 20.3 Å². The van der Waals surface area contributed by atoms with Gasteiger partial charge in [-0.25, -0.2) is 4.98 Å². The Hall–Kier alpha value is -2.69. The van der Waals surface area contributed by atoms with Crippen molar-refractivity contribution in [3.8, 4) is 11.5 Å². The summed E-state index contributed by atoms with van der Waals surface area (Å²) in [6, 6.07) is 19.6. The summed E-state index contributed by atoms with van der Waals surface area (Å²) in [6.45, 7) is 0.610. The summed E-state index contributed by atoms with van der Waals surface area (Å²) >= 11 is 12.5. The Balaban J connectivity index is 1.75. The van der Waals surface area contributed by atoms with Crippen molar-refractivity contribution < 1.29 is 9.47 Å². The van der Waals surface area contributed by atoms with Crippen molar-refractivity contribution in [2.75, 3.05) is 14.2 Å². The summed E-state index contributed by atoms with van der Waals surface area (Å²) in [6.07, 6.45) is 0.653. The molecule has 4 rings (SSSR count). The van der Waals surface area contributed by atoms with E-state index in [1.807, 2.05) is 48.5 Å². The highest BCUT2D eigenvalue weighted by Crippen LogP contribution is 2.30. The van der Waals surface area contributed by atoms with Crippen molar-refractivity contribution in [2.45, 2.75) is 13.0 Å². The Morgan fingerprint density at radius 1 is 0.897 bits per heavy atom. The van der Waals surface area contributed by atoms with Crippen LogP contribution in [0.1, 0.15) is 17.0 Å². The summed E-state index contributed by atoms with van der Waals surface area (Å²) in [5, 5.41) is 1.27. The lowest BCUT2D eigenvalue weighted by molar-refractivity contribution is 0.354. The number of methoxy groups -OCH3 is 2. The van der Waals surface area contributed by atoms with Gasteiger partial charge in [0.1, 0.15) is 5.82 Å². The molecule has 0 atom stereocenters. The molecular weight excluding hydrogens is 407 g/mol. The highest BCUT2D eigenvalue weighted by molar-refractivity contribution is 6.35. The maximum absolute atomic E-state index is 6.43. The van der Waals surface area contributed by atoms with Crippen LogP contribution in [-0.2, 0) is 13.0 Å². The minimum absolute atomic E-state index is 0.610. The summed E-state index contributed by atoms with van der Waals surface area (Å²) in [5.41, 5.74) is 4.09. The van der Waals surface area contributed by atoms with Gasteiger partial charge in [-0.15, -0.1) is 0 Å². The molecule has 0 radical (unpaired) electrons. The average molecular weight is 427 g/mol. The number of aromatic nitrogens is 2. The SMILES string of the molecule is COc1ccc(Cc2nc3ccccc3n2Cc2ccc(Cl)cc2Cl)cc1OC. The topological polar surface area (TPSA) is 36.3 Å². The number of ether oxygens (including phenoxy) is 2. The molecule has 1 aromatic heterocycles. The van der Waals surface area contributed by atoms with Crippen molar-refractivity contribution in [3.05, 3.63) is 87.7 Å². The van der Waals surface area contributed by atoms with Crippen LogP contribution < -0.4 is 9.47 Å². The van der Waals surface area contributed by atoms with E-state index in [0.717, 1.165) is 28.0 Å². The smallest absolute Gasteiger partial charge is 0.161 e. The number of benzene rings is 3. The van der Waals surface area contributed by atoms with E-state index in [1.165, 1.54) is 0 Å². The number of hydrogen-bond donors (Lipinski definition) is 0. The summed E-state index contributed by atoms with van der Waals surface area (Å²) in [5.74, 6) is 2.36. The quantitative estimate of drug-likeness (QED) is 0.379. The van der Waals surface area contributed by atoms with E-state index in [9.17, 15) is 0 Å². The van der Waals surface area contributed by atoms with Gasteiger partial charge in [-0.3, -0.25) is 0 Å². The van der Waals surface area contributed by atoms with Crippen LogP contribution in [-0.4, -0.2) is 23.8 Å². The van der Waals surface area contributed by atoms with Crippen LogP contribution >= 0.6 is 23.2 Å². The molecule has 0 bridgehead atoms. The molecule has 1 heterocycles. The molecule has 0 saturated carbocycles. The number of para-hydroxylation sites is 2. The Kier molecular flexibility index (Phi) is 5.65. The molecule has 0 aliphatic heterocycles. The minimum Gasteiger partial charge on any atom is -0.493 e. The third-order valence-corrected chi connectivity index (χ3v) is 5.47. The zero-order valence-corrected chi connectivity index (χ0v) is 17.7. The molecule has 4 nitrogen and oxygen atoms in total. The molecule has 148 valence electrons. The second-order valence-corrected chi connectivity index (χ2v) is 7.55. The molecule has 6 heteroatoms. The second-order valence-electron chi connectivity index (χ2n) is 6.70. The van der Waals surface area contributed by atoms with E-state index in [4.69, 9.17) is 37.7 Å². The van der Waals surface area contributed by atoms with Gasteiger partial charge in [0.15, 0.2) is 11.5 Å². The molecular formula is C23H20Cl2N2O2. The molecule has 4 aromatic rings. The molecule has 29 heavy (non-hydrogen) atoms. The van der Waals surface area contributed by atoms with Crippen molar-refractivity contribution in [3.63, 3.8) is 0 Å². The summed E-state index contributed by atoms with van der Waals surface area (Å²) < 4.78 is 13.0. The predicted octanol–water partition coefficient (Wildman–Crippen LogP) is 6.00. The molecule has 0 unspecified atom stereocenters. The fraction of sp³-hybridized carbons (Fsp3) is 0.174. The minimum atomic E-state index is 0.610. The summed E-state index contributed by atoms with van der Waals surface area (Å²) in [7, 11) is 3.27. The number of halogens is 2. The fourth-order valence-corrected chi connectivity index (χ4v) is 3.90. The van der Waals surface area contributed by atoms with Gasteiger partial charge in [-0.1, -0.05) is 47.5 Å². The monoisotopic (exact) mass is 426 g/mol. The van der Waals surface area contributed by atoms with E-state index in [2.05, 4.69) is 10.6 Å². The maximum atomic E-state index is 6.43. The van der Waals surface area contributed by atoms with Crippen molar-refractivity contribution >= 4 is 34.2 Å². The molecule has 3 aromatic carbocycles. The number of rotatable bonds is 6. The third kappa shape index (κ3) is 4.04. The first-order valence-corrected chi connectivity index (χ1v) is 9.93. The Morgan fingerprint density at radius 3 is 2.45 bits per heavy atom. The van der Waals surface area contributed by atoms with Crippen molar-refractivity contribution in [1.82, 2.24) is 9.55 Å². The van der Waals surface area contributed by atoms with Gasteiger partial charge in [0.05, 0.1) is 31.8 Å². The van der Waals surface area contributed by atoms with Gasteiger partial charge < -0.3 is 14.0 Å². The average Bonchev–Trinajstić information content (AvgIpc) is 3.07. The maximum Gasteiger partial charge on any atom is 0.161 e. The number of fused-ring (bicyclic) bond motifs is 1. The number of hydrogen-bond acceptors (Lipinski definition) is 3. The van der Waals surface area contributed by atoms with Crippen LogP contribution in [0.15, 0.2) is 60.7 Å². The fourth-order valence-electron chi connectivity index (χ4n) is 3.43. The molecule has 0 amide bonds. The molecule has 0 aliphatic carbocycles. The van der Waals surface area contributed by atoms with E-state index >= 15 is 0 Å². The van der Waals surface area contributed by atoms with E-state index < -0.39 is 0 Å². The normalized spacial score (nSPS) is 11.0. The van der Waals surface area contributed by atoms with E-state index in [-0.39, 0.29) is 0 Å². The van der Waals surface area contributed by atoms with Crippen LogP contribution in [0, 0.1) is 0 Å². The lowest BCUT2D eigenvalue weighted by atomic mass is 10.1. The van der Waals surface area contributed by atoms with Gasteiger partial charge >= 0.3 is 0 Å². The first-order chi connectivity index (χ1) is 14.1. The highest BCUT2D eigenvalue weighted by atomic mass is 35.5. The van der Waals surface area contributed by atoms with Gasteiger partial charge in [-0.2, -0.15) is 0 Å². The van der Waals surface area contributed by atoms with Gasteiger partial charge in [0.25, 0.3) is 0 Å².